The minimum atomic E-state index is 1.02. The normalized spacial score (nSPS) is 9.89. The van der Waals surface area contributed by atoms with Gasteiger partial charge in [-0.1, -0.05) is 11.6 Å². The lowest BCUT2D eigenvalue weighted by Crippen LogP contribution is -1.69. The standard InChI is InChI=1S/C8H13N/c1-8(2)6-4-5-7-9-3/h5,7H,1,3-4,6H2,2H3. The van der Waals surface area contributed by atoms with Crippen LogP contribution < -0.4 is 0 Å². The van der Waals surface area contributed by atoms with E-state index in [2.05, 4.69) is 18.3 Å². The second-order valence-electron chi connectivity index (χ2n) is 2.06. The second kappa shape index (κ2) is 5.29. The third kappa shape index (κ3) is 7.15. The third-order valence-electron chi connectivity index (χ3n) is 0.949. The van der Waals surface area contributed by atoms with Crippen LogP contribution in [-0.2, 0) is 0 Å². The van der Waals surface area contributed by atoms with Gasteiger partial charge in [-0.15, -0.1) is 6.58 Å². The summed E-state index contributed by atoms with van der Waals surface area (Å²) >= 11 is 0. The largest absolute Gasteiger partial charge is 0.273 e. The van der Waals surface area contributed by atoms with E-state index in [0.29, 0.717) is 0 Å². The van der Waals surface area contributed by atoms with E-state index in [1.54, 1.807) is 6.20 Å². The van der Waals surface area contributed by atoms with Crippen LogP contribution in [0, 0.1) is 0 Å². The number of aliphatic imine (C=N–C) groups is 1. The first-order valence-corrected chi connectivity index (χ1v) is 3.02. The van der Waals surface area contributed by atoms with Gasteiger partial charge in [0.2, 0.25) is 0 Å². The van der Waals surface area contributed by atoms with E-state index in [9.17, 15) is 0 Å². The summed E-state index contributed by atoms with van der Waals surface area (Å²) in [4.78, 5) is 3.57. The fourth-order valence-corrected chi connectivity index (χ4v) is 0.479. The van der Waals surface area contributed by atoms with Gasteiger partial charge >= 0.3 is 0 Å². The quantitative estimate of drug-likeness (QED) is 0.402. The van der Waals surface area contributed by atoms with Gasteiger partial charge in [0.15, 0.2) is 0 Å². The smallest absolute Gasteiger partial charge is 0.0220 e. The summed E-state index contributed by atoms with van der Waals surface area (Å²) in [7, 11) is 0. The van der Waals surface area contributed by atoms with Crippen LogP contribution in [0.25, 0.3) is 0 Å². The summed E-state index contributed by atoms with van der Waals surface area (Å²) in [5.74, 6) is 0. The van der Waals surface area contributed by atoms with Gasteiger partial charge in [-0.25, -0.2) is 0 Å². The summed E-state index contributed by atoms with van der Waals surface area (Å²) < 4.78 is 0. The molecule has 0 bridgehead atoms. The van der Waals surface area contributed by atoms with Crippen LogP contribution in [0.15, 0.2) is 29.4 Å². The molecule has 0 radical (unpaired) electrons. The fourth-order valence-electron chi connectivity index (χ4n) is 0.479. The molecular weight excluding hydrogens is 110 g/mol. The van der Waals surface area contributed by atoms with E-state index in [1.165, 1.54) is 5.57 Å². The first-order valence-electron chi connectivity index (χ1n) is 3.02. The van der Waals surface area contributed by atoms with Crippen molar-refractivity contribution in [3.05, 3.63) is 24.4 Å². The first kappa shape index (κ1) is 8.15. The number of hydrogen-bond acceptors (Lipinski definition) is 1. The Hall–Kier alpha value is -0.850. The monoisotopic (exact) mass is 123 g/mol. The van der Waals surface area contributed by atoms with Crippen LogP contribution in [0.5, 0.6) is 0 Å². The lowest BCUT2D eigenvalue weighted by molar-refractivity contribution is 0.981. The Kier molecular flexibility index (Phi) is 4.79. The predicted octanol–water partition coefficient (Wildman–Crippen LogP) is 2.56. The zero-order valence-corrected chi connectivity index (χ0v) is 5.93. The highest BCUT2D eigenvalue weighted by Crippen LogP contribution is 2.00. The van der Waals surface area contributed by atoms with E-state index in [0.717, 1.165) is 12.8 Å². The van der Waals surface area contributed by atoms with E-state index >= 15 is 0 Å². The molecule has 0 aromatic rings. The van der Waals surface area contributed by atoms with Crippen molar-refractivity contribution in [3.8, 4) is 0 Å². The number of allylic oxidation sites excluding steroid dienone is 2. The van der Waals surface area contributed by atoms with Gasteiger partial charge in [-0.3, -0.25) is 4.99 Å². The van der Waals surface area contributed by atoms with Crippen LogP contribution in [-0.4, -0.2) is 6.72 Å². The first-order chi connectivity index (χ1) is 4.27. The molecule has 0 amide bonds. The predicted molar refractivity (Wildman–Crippen MR) is 42.7 cm³/mol. The summed E-state index contributed by atoms with van der Waals surface area (Å²) in [6.07, 6.45) is 5.77. The van der Waals surface area contributed by atoms with Gasteiger partial charge in [-0.2, -0.15) is 0 Å². The SMILES string of the molecule is C=NC=CCCC(=C)C. The van der Waals surface area contributed by atoms with E-state index in [1.807, 2.05) is 13.0 Å². The van der Waals surface area contributed by atoms with Gasteiger partial charge in [0.1, 0.15) is 0 Å². The molecule has 0 atom stereocenters. The molecule has 0 unspecified atom stereocenters. The fraction of sp³-hybridized carbons (Fsp3) is 0.375. The minimum Gasteiger partial charge on any atom is -0.273 e. The summed E-state index contributed by atoms with van der Waals surface area (Å²) in [6.45, 7) is 9.11. The topological polar surface area (TPSA) is 12.4 Å². The average molecular weight is 123 g/mol. The third-order valence-corrected chi connectivity index (χ3v) is 0.949. The Labute approximate surface area is 56.8 Å². The molecule has 0 aliphatic rings. The molecule has 0 spiro atoms. The molecular formula is C8H13N. The zero-order chi connectivity index (χ0) is 7.11. The zero-order valence-electron chi connectivity index (χ0n) is 5.93. The molecule has 0 N–H and O–H groups in total. The van der Waals surface area contributed by atoms with Crippen molar-refractivity contribution in [1.82, 2.24) is 0 Å². The molecule has 0 aliphatic heterocycles. The van der Waals surface area contributed by atoms with Crippen LogP contribution in [0.1, 0.15) is 19.8 Å². The molecule has 0 fully saturated rings. The summed E-state index contributed by atoms with van der Waals surface area (Å²) in [5.41, 5.74) is 1.21. The van der Waals surface area contributed by atoms with Gasteiger partial charge in [-0.05, 0) is 26.5 Å². The van der Waals surface area contributed by atoms with Crippen LogP contribution in [0.4, 0.5) is 0 Å². The van der Waals surface area contributed by atoms with Crippen LogP contribution in [0.3, 0.4) is 0 Å². The second-order valence-corrected chi connectivity index (χ2v) is 2.06. The molecule has 50 valence electrons. The molecule has 0 saturated heterocycles. The van der Waals surface area contributed by atoms with E-state index < -0.39 is 0 Å². The lowest BCUT2D eigenvalue weighted by Gasteiger charge is -1.90. The maximum absolute atomic E-state index is 3.77. The van der Waals surface area contributed by atoms with Crippen LogP contribution >= 0.6 is 0 Å². The summed E-state index contributed by atoms with van der Waals surface area (Å²) in [5, 5.41) is 0. The van der Waals surface area contributed by atoms with Crippen molar-refractivity contribution in [3.63, 3.8) is 0 Å². The van der Waals surface area contributed by atoms with Gasteiger partial charge in [0, 0.05) is 6.20 Å². The highest BCUT2D eigenvalue weighted by molar-refractivity contribution is 5.25. The van der Waals surface area contributed by atoms with E-state index in [4.69, 9.17) is 0 Å². The van der Waals surface area contributed by atoms with Gasteiger partial charge in [0.25, 0.3) is 0 Å². The maximum atomic E-state index is 3.77. The molecule has 9 heavy (non-hydrogen) atoms. The van der Waals surface area contributed by atoms with Gasteiger partial charge < -0.3 is 0 Å². The molecule has 0 saturated carbocycles. The molecule has 0 rings (SSSR count). The average Bonchev–Trinajstić information content (AvgIpc) is 1.80. The Balaban J connectivity index is 3.19. The van der Waals surface area contributed by atoms with Crippen molar-refractivity contribution in [2.24, 2.45) is 4.99 Å². The molecule has 0 aliphatic carbocycles. The van der Waals surface area contributed by atoms with Crippen LogP contribution in [0.2, 0.25) is 0 Å². The minimum absolute atomic E-state index is 1.02. The molecule has 0 heterocycles. The maximum Gasteiger partial charge on any atom is 0.0220 e. The van der Waals surface area contributed by atoms with E-state index in [-0.39, 0.29) is 0 Å². The molecule has 1 nitrogen and oxygen atoms in total. The summed E-state index contributed by atoms with van der Waals surface area (Å²) in [6, 6.07) is 0. The number of rotatable bonds is 4. The Bertz CT molecular complexity index is 123. The lowest BCUT2D eigenvalue weighted by atomic mass is 10.2. The molecule has 1 heteroatoms. The highest BCUT2D eigenvalue weighted by Gasteiger charge is 1.80. The Morgan fingerprint density at radius 2 is 2.33 bits per heavy atom. The highest BCUT2D eigenvalue weighted by atomic mass is 14.6. The van der Waals surface area contributed by atoms with Crippen molar-refractivity contribution >= 4 is 6.72 Å². The van der Waals surface area contributed by atoms with Crippen molar-refractivity contribution in [2.45, 2.75) is 19.8 Å². The Morgan fingerprint density at radius 3 is 2.78 bits per heavy atom. The van der Waals surface area contributed by atoms with Crippen molar-refractivity contribution < 1.29 is 0 Å². The van der Waals surface area contributed by atoms with Gasteiger partial charge in [0.05, 0.1) is 0 Å². The molecule has 0 aromatic heterocycles. The van der Waals surface area contributed by atoms with Crippen molar-refractivity contribution in [2.75, 3.05) is 0 Å². The number of nitrogens with zero attached hydrogens (tertiary/aromatic N) is 1. The Morgan fingerprint density at radius 1 is 1.67 bits per heavy atom. The van der Waals surface area contributed by atoms with Crippen molar-refractivity contribution in [1.29, 1.82) is 0 Å². The molecule has 0 aromatic carbocycles. The number of hydrogen-bond donors (Lipinski definition) is 0.